The molecule has 6 nitrogen and oxygen atoms in total. The lowest BCUT2D eigenvalue weighted by Gasteiger charge is -2.34. The minimum absolute atomic E-state index is 0.0836. The third-order valence-corrected chi connectivity index (χ3v) is 4.77. The number of aryl methyl sites for hydroxylation is 2. The van der Waals surface area contributed by atoms with E-state index in [1.54, 1.807) is 16.8 Å². The molecule has 25 heavy (non-hydrogen) atoms. The van der Waals surface area contributed by atoms with Crippen molar-refractivity contribution in [1.82, 2.24) is 15.1 Å². The standard InChI is InChI=1S/C18H24FN5O/c1-12-17(13(2)23(3)22-12)21-18(25)20-14-8-10-24(11-9-14)16-7-5-4-6-15(16)19/h4-7,14H,8-11H2,1-3H3,(H2,20,21,25). The third kappa shape index (κ3) is 3.75. The summed E-state index contributed by atoms with van der Waals surface area (Å²) in [5.41, 5.74) is 3.10. The molecule has 2 aromatic rings. The quantitative estimate of drug-likeness (QED) is 0.899. The van der Waals surface area contributed by atoms with Gasteiger partial charge in [0.15, 0.2) is 0 Å². The molecular formula is C18H24FN5O. The Hall–Kier alpha value is -2.57. The maximum atomic E-state index is 13.9. The number of amides is 2. The highest BCUT2D eigenvalue weighted by atomic mass is 19.1. The average molecular weight is 345 g/mol. The maximum Gasteiger partial charge on any atom is 0.319 e. The molecule has 0 atom stereocenters. The number of hydrogen-bond donors (Lipinski definition) is 2. The van der Waals surface area contributed by atoms with Gasteiger partial charge >= 0.3 is 6.03 Å². The van der Waals surface area contributed by atoms with E-state index in [0.717, 1.165) is 43.0 Å². The summed E-state index contributed by atoms with van der Waals surface area (Å²) in [5, 5.41) is 10.2. The Morgan fingerprint density at radius 3 is 2.52 bits per heavy atom. The van der Waals surface area contributed by atoms with E-state index in [1.165, 1.54) is 6.07 Å². The van der Waals surface area contributed by atoms with Crippen molar-refractivity contribution in [2.75, 3.05) is 23.3 Å². The molecule has 0 saturated carbocycles. The lowest BCUT2D eigenvalue weighted by molar-refractivity contribution is 0.246. The van der Waals surface area contributed by atoms with Crippen LogP contribution in [0.2, 0.25) is 0 Å². The van der Waals surface area contributed by atoms with Gasteiger partial charge in [-0.15, -0.1) is 0 Å². The topological polar surface area (TPSA) is 62.2 Å². The normalized spacial score (nSPS) is 15.3. The first-order valence-electron chi connectivity index (χ1n) is 8.53. The number of piperidine rings is 1. The fourth-order valence-electron chi connectivity index (χ4n) is 3.26. The third-order valence-electron chi connectivity index (χ3n) is 4.77. The van der Waals surface area contributed by atoms with Crippen LogP contribution in [-0.2, 0) is 7.05 Å². The van der Waals surface area contributed by atoms with E-state index < -0.39 is 0 Å². The van der Waals surface area contributed by atoms with E-state index in [4.69, 9.17) is 0 Å². The maximum absolute atomic E-state index is 13.9. The fraction of sp³-hybridized carbons (Fsp3) is 0.444. The van der Waals surface area contributed by atoms with Gasteiger partial charge in [-0.25, -0.2) is 9.18 Å². The zero-order chi connectivity index (χ0) is 18.0. The molecule has 0 radical (unpaired) electrons. The van der Waals surface area contributed by atoms with Crippen LogP contribution in [0, 0.1) is 19.7 Å². The first kappa shape index (κ1) is 17.3. The van der Waals surface area contributed by atoms with E-state index in [0.29, 0.717) is 5.69 Å². The molecule has 1 fully saturated rings. The van der Waals surface area contributed by atoms with Crippen LogP contribution in [0.25, 0.3) is 0 Å². The molecular weight excluding hydrogens is 321 g/mol. The fourth-order valence-corrected chi connectivity index (χ4v) is 3.26. The van der Waals surface area contributed by atoms with E-state index in [-0.39, 0.29) is 17.9 Å². The highest BCUT2D eigenvalue weighted by Gasteiger charge is 2.23. The van der Waals surface area contributed by atoms with Crippen LogP contribution in [0.4, 0.5) is 20.6 Å². The van der Waals surface area contributed by atoms with Gasteiger partial charge in [-0.2, -0.15) is 5.10 Å². The van der Waals surface area contributed by atoms with Crippen molar-refractivity contribution >= 4 is 17.4 Å². The smallest absolute Gasteiger partial charge is 0.319 e. The van der Waals surface area contributed by atoms with Crippen LogP contribution in [0.5, 0.6) is 0 Å². The zero-order valence-corrected chi connectivity index (χ0v) is 14.8. The number of para-hydroxylation sites is 1. The summed E-state index contributed by atoms with van der Waals surface area (Å²) < 4.78 is 15.6. The summed E-state index contributed by atoms with van der Waals surface area (Å²) in [6, 6.07) is 6.67. The van der Waals surface area contributed by atoms with Crippen LogP contribution in [0.3, 0.4) is 0 Å². The lowest BCUT2D eigenvalue weighted by Crippen LogP contribution is -2.46. The Morgan fingerprint density at radius 2 is 1.92 bits per heavy atom. The Bertz CT molecular complexity index is 765. The number of rotatable bonds is 3. The van der Waals surface area contributed by atoms with Gasteiger partial charge in [0, 0.05) is 26.2 Å². The molecule has 2 N–H and O–H groups in total. The van der Waals surface area contributed by atoms with Crippen LogP contribution >= 0.6 is 0 Å². The first-order valence-corrected chi connectivity index (χ1v) is 8.53. The summed E-state index contributed by atoms with van der Waals surface area (Å²) >= 11 is 0. The first-order chi connectivity index (χ1) is 12.0. The molecule has 0 unspecified atom stereocenters. The largest absolute Gasteiger partial charge is 0.369 e. The number of nitrogens with zero attached hydrogens (tertiary/aromatic N) is 3. The van der Waals surface area contributed by atoms with Crippen molar-refractivity contribution < 1.29 is 9.18 Å². The van der Waals surface area contributed by atoms with Gasteiger partial charge in [-0.05, 0) is 38.8 Å². The Kier molecular flexibility index (Phi) is 4.92. The molecule has 0 aliphatic carbocycles. The molecule has 1 aliphatic heterocycles. The van der Waals surface area contributed by atoms with Gasteiger partial charge in [-0.3, -0.25) is 4.68 Å². The van der Waals surface area contributed by atoms with Gasteiger partial charge in [0.2, 0.25) is 0 Å². The summed E-state index contributed by atoms with van der Waals surface area (Å²) in [6.45, 7) is 5.23. The highest BCUT2D eigenvalue weighted by Crippen LogP contribution is 2.23. The number of urea groups is 1. The minimum atomic E-state index is -0.219. The highest BCUT2D eigenvalue weighted by molar-refractivity contribution is 5.90. The van der Waals surface area contributed by atoms with Gasteiger partial charge in [-0.1, -0.05) is 12.1 Å². The van der Waals surface area contributed by atoms with Gasteiger partial charge in [0.25, 0.3) is 0 Å². The van der Waals surface area contributed by atoms with Crippen molar-refractivity contribution in [1.29, 1.82) is 0 Å². The Balaban J connectivity index is 1.54. The molecule has 1 aromatic heterocycles. The summed E-state index contributed by atoms with van der Waals surface area (Å²) in [5.74, 6) is -0.200. The summed E-state index contributed by atoms with van der Waals surface area (Å²) in [7, 11) is 1.85. The second-order valence-electron chi connectivity index (χ2n) is 6.48. The molecule has 1 saturated heterocycles. The number of hydrogen-bond acceptors (Lipinski definition) is 3. The number of halogens is 1. The van der Waals surface area contributed by atoms with Crippen molar-refractivity contribution in [3.8, 4) is 0 Å². The molecule has 0 spiro atoms. The molecule has 134 valence electrons. The van der Waals surface area contributed by atoms with Crippen LogP contribution < -0.4 is 15.5 Å². The van der Waals surface area contributed by atoms with Gasteiger partial charge < -0.3 is 15.5 Å². The molecule has 3 rings (SSSR count). The van der Waals surface area contributed by atoms with E-state index in [2.05, 4.69) is 15.7 Å². The van der Waals surface area contributed by atoms with Crippen molar-refractivity contribution in [2.45, 2.75) is 32.7 Å². The predicted octanol–water partition coefficient (Wildman–Crippen LogP) is 2.97. The van der Waals surface area contributed by atoms with Crippen molar-refractivity contribution in [2.24, 2.45) is 7.05 Å². The molecule has 2 amide bonds. The van der Waals surface area contributed by atoms with Crippen molar-refractivity contribution in [3.05, 3.63) is 41.5 Å². The molecule has 1 aliphatic rings. The van der Waals surface area contributed by atoms with Crippen LogP contribution in [0.1, 0.15) is 24.2 Å². The number of aromatic nitrogens is 2. The molecule has 2 heterocycles. The number of benzene rings is 1. The monoisotopic (exact) mass is 345 g/mol. The number of anilines is 2. The second-order valence-corrected chi connectivity index (χ2v) is 6.48. The second kappa shape index (κ2) is 7.13. The van der Waals surface area contributed by atoms with Crippen LogP contribution in [0.15, 0.2) is 24.3 Å². The van der Waals surface area contributed by atoms with E-state index >= 15 is 0 Å². The predicted molar refractivity (Wildman–Crippen MR) is 96.5 cm³/mol. The van der Waals surface area contributed by atoms with E-state index in [9.17, 15) is 9.18 Å². The van der Waals surface area contributed by atoms with Gasteiger partial charge in [0.05, 0.1) is 22.8 Å². The van der Waals surface area contributed by atoms with Crippen LogP contribution in [-0.4, -0.2) is 34.9 Å². The number of nitrogens with one attached hydrogen (secondary N) is 2. The summed E-state index contributed by atoms with van der Waals surface area (Å²) in [4.78, 5) is 14.3. The molecule has 7 heteroatoms. The number of carbonyl (C=O) groups excluding carboxylic acids is 1. The number of carbonyl (C=O) groups is 1. The SMILES string of the molecule is Cc1nn(C)c(C)c1NC(=O)NC1CCN(c2ccccc2F)CC1. The minimum Gasteiger partial charge on any atom is -0.369 e. The molecule has 0 bridgehead atoms. The van der Waals surface area contributed by atoms with Crippen molar-refractivity contribution in [3.63, 3.8) is 0 Å². The Morgan fingerprint density at radius 1 is 1.24 bits per heavy atom. The summed E-state index contributed by atoms with van der Waals surface area (Å²) in [6.07, 6.45) is 1.57. The average Bonchev–Trinajstić information content (AvgIpc) is 2.82. The lowest BCUT2D eigenvalue weighted by atomic mass is 10.0. The van der Waals surface area contributed by atoms with Gasteiger partial charge in [0.1, 0.15) is 5.82 Å². The zero-order valence-electron chi connectivity index (χ0n) is 14.8. The molecule has 1 aromatic carbocycles. The van der Waals surface area contributed by atoms with E-state index in [1.807, 2.05) is 31.9 Å². The Labute approximate surface area is 147 Å².